The maximum Gasteiger partial charge on any atom is 0.0204 e. The molecule has 0 heterocycles. The number of nitrogens with two attached hydrogens (primary N) is 1. The topological polar surface area (TPSA) is 26.0 Å². The summed E-state index contributed by atoms with van der Waals surface area (Å²) in [7, 11) is 0. The van der Waals surface area contributed by atoms with Crippen LogP contribution in [0.4, 0.5) is 0 Å². The molecule has 0 amide bonds. The Morgan fingerprint density at radius 1 is 1.06 bits per heavy atom. The van der Waals surface area contributed by atoms with Gasteiger partial charge in [-0.1, -0.05) is 33.6 Å². The summed E-state index contributed by atoms with van der Waals surface area (Å²) in [4.78, 5) is 0. The molecule has 2 heteroatoms. The summed E-state index contributed by atoms with van der Waals surface area (Å²) in [6.07, 6.45) is 9.73. The van der Waals surface area contributed by atoms with Gasteiger partial charge in [0, 0.05) is 16.5 Å². The molecule has 106 valence electrons. The molecule has 0 radical (unpaired) electrons. The second-order valence-corrected chi connectivity index (χ2v) is 8.59. The van der Waals surface area contributed by atoms with Crippen LogP contribution >= 0.6 is 11.8 Å². The van der Waals surface area contributed by atoms with E-state index in [0.717, 1.165) is 28.3 Å². The summed E-state index contributed by atoms with van der Waals surface area (Å²) in [6, 6.07) is 0.460. The average Bonchev–Trinajstić information content (AvgIpc) is 2.31. The van der Waals surface area contributed by atoms with E-state index in [2.05, 4.69) is 32.5 Å². The van der Waals surface area contributed by atoms with E-state index in [1.165, 1.54) is 44.9 Å². The summed E-state index contributed by atoms with van der Waals surface area (Å²) in [5.74, 6) is 2.70. The van der Waals surface area contributed by atoms with Gasteiger partial charge in [-0.2, -0.15) is 11.8 Å². The Kier molecular flexibility index (Phi) is 5.44. The van der Waals surface area contributed by atoms with Crippen molar-refractivity contribution in [2.45, 2.75) is 82.3 Å². The predicted octanol–water partition coefficient (Wildman–Crippen LogP) is 4.45. The zero-order valence-electron chi connectivity index (χ0n) is 12.4. The fourth-order valence-electron chi connectivity index (χ4n) is 3.69. The van der Waals surface area contributed by atoms with Crippen molar-refractivity contribution in [1.82, 2.24) is 0 Å². The molecule has 0 saturated heterocycles. The van der Waals surface area contributed by atoms with E-state index >= 15 is 0 Å². The lowest BCUT2D eigenvalue weighted by Crippen LogP contribution is -2.40. The quantitative estimate of drug-likeness (QED) is 0.819. The fourth-order valence-corrected chi connectivity index (χ4v) is 5.63. The molecule has 5 unspecified atom stereocenters. The minimum atomic E-state index is 0.460. The molecule has 0 spiro atoms. The molecule has 2 saturated carbocycles. The highest BCUT2D eigenvalue weighted by Gasteiger charge is 2.32. The summed E-state index contributed by atoms with van der Waals surface area (Å²) >= 11 is 2.25. The molecule has 1 nitrogen and oxygen atoms in total. The average molecular weight is 269 g/mol. The van der Waals surface area contributed by atoms with E-state index in [0.29, 0.717) is 6.04 Å². The van der Waals surface area contributed by atoms with Crippen molar-refractivity contribution in [1.29, 1.82) is 0 Å². The molecular formula is C16H31NS. The minimum absolute atomic E-state index is 0.460. The van der Waals surface area contributed by atoms with Gasteiger partial charge in [-0.25, -0.2) is 0 Å². The first-order valence-electron chi connectivity index (χ1n) is 7.97. The highest BCUT2D eigenvalue weighted by Crippen LogP contribution is 2.41. The number of thioether (sulfide) groups is 1. The molecule has 0 aliphatic heterocycles. The first kappa shape index (κ1) is 14.7. The summed E-state index contributed by atoms with van der Waals surface area (Å²) in [5.41, 5.74) is 6.37. The summed E-state index contributed by atoms with van der Waals surface area (Å²) in [6.45, 7) is 7.18. The van der Waals surface area contributed by atoms with E-state index in [1.807, 2.05) is 0 Å². The lowest BCUT2D eigenvalue weighted by molar-refractivity contribution is 0.265. The van der Waals surface area contributed by atoms with Gasteiger partial charge < -0.3 is 5.73 Å². The maximum atomic E-state index is 6.37. The molecule has 0 aromatic rings. The van der Waals surface area contributed by atoms with Crippen molar-refractivity contribution in [2.75, 3.05) is 0 Å². The van der Waals surface area contributed by atoms with E-state index < -0.39 is 0 Å². The summed E-state index contributed by atoms with van der Waals surface area (Å²) < 4.78 is 0. The van der Waals surface area contributed by atoms with Gasteiger partial charge in [-0.15, -0.1) is 0 Å². The van der Waals surface area contributed by atoms with E-state index in [-0.39, 0.29) is 0 Å². The van der Waals surface area contributed by atoms with Crippen LogP contribution in [0, 0.1) is 17.8 Å². The molecule has 5 atom stereocenters. The van der Waals surface area contributed by atoms with Crippen LogP contribution in [0.15, 0.2) is 0 Å². The summed E-state index contributed by atoms with van der Waals surface area (Å²) in [5, 5.41) is 1.64. The van der Waals surface area contributed by atoms with Crippen LogP contribution in [-0.4, -0.2) is 16.5 Å². The van der Waals surface area contributed by atoms with Gasteiger partial charge in [-0.05, 0) is 49.9 Å². The predicted molar refractivity (Wildman–Crippen MR) is 83.0 cm³/mol. The van der Waals surface area contributed by atoms with Crippen LogP contribution < -0.4 is 5.73 Å². The second-order valence-electron chi connectivity index (χ2n) is 7.05. The number of rotatable bonds is 3. The van der Waals surface area contributed by atoms with Crippen molar-refractivity contribution < 1.29 is 0 Å². The van der Waals surface area contributed by atoms with Crippen LogP contribution in [0.5, 0.6) is 0 Å². The molecule has 2 N–H and O–H groups in total. The van der Waals surface area contributed by atoms with Gasteiger partial charge >= 0.3 is 0 Å². The number of hydrogen-bond acceptors (Lipinski definition) is 2. The van der Waals surface area contributed by atoms with Gasteiger partial charge in [0.1, 0.15) is 0 Å². The van der Waals surface area contributed by atoms with Gasteiger partial charge in [0.25, 0.3) is 0 Å². The molecule has 2 aliphatic carbocycles. The van der Waals surface area contributed by atoms with Crippen molar-refractivity contribution in [2.24, 2.45) is 23.5 Å². The second kappa shape index (κ2) is 6.65. The van der Waals surface area contributed by atoms with Gasteiger partial charge in [0.05, 0.1) is 0 Å². The molecule has 2 rings (SSSR count). The molecule has 0 aromatic carbocycles. The van der Waals surface area contributed by atoms with Crippen LogP contribution in [0.25, 0.3) is 0 Å². The molecule has 2 fully saturated rings. The molecule has 2 aliphatic rings. The minimum Gasteiger partial charge on any atom is -0.327 e. The highest BCUT2D eigenvalue weighted by atomic mass is 32.2. The van der Waals surface area contributed by atoms with Crippen LogP contribution in [0.2, 0.25) is 0 Å². The first-order valence-corrected chi connectivity index (χ1v) is 8.91. The molecule has 0 bridgehead atoms. The van der Waals surface area contributed by atoms with E-state index in [9.17, 15) is 0 Å². The SMILES string of the molecule is CC1CCCC(SC2CC(C(C)C)CCC2N)C1. The Balaban J connectivity index is 1.86. The van der Waals surface area contributed by atoms with Gasteiger partial charge in [0.15, 0.2) is 0 Å². The Hall–Kier alpha value is 0.310. The third-order valence-corrected chi connectivity index (χ3v) is 6.79. The third kappa shape index (κ3) is 3.90. The monoisotopic (exact) mass is 269 g/mol. The molecule has 18 heavy (non-hydrogen) atoms. The molecular weight excluding hydrogens is 238 g/mol. The Morgan fingerprint density at radius 2 is 1.83 bits per heavy atom. The largest absolute Gasteiger partial charge is 0.327 e. The van der Waals surface area contributed by atoms with Gasteiger partial charge in [0.2, 0.25) is 0 Å². The van der Waals surface area contributed by atoms with Crippen molar-refractivity contribution >= 4 is 11.8 Å². The Bertz CT molecular complexity index is 253. The first-order chi connectivity index (χ1) is 8.56. The lowest BCUT2D eigenvalue weighted by Gasteiger charge is -2.38. The Labute approximate surface area is 118 Å². The van der Waals surface area contributed by atoms with Crippen molar-refractivity contribution in [3.05, 3.63) is 0 Å². The highest BCUT2D eigenvalue weighted by molar-refractivity contribution is 8.00. The van der Waals surface area contributed by atoms with Gasteiger partial charge in [-0.3, -0.25) is 0 Å². The van der Waals surface area contributed by atoms with E-state index in [4.69, 9.17) is 5.73 Å². The standard InChI is InChI=1S/C16H31NS/c1-11(2)13-7-8-15(17)16(10-13)18-14-6-4-5-12(3)9-14/h11-16H,4-10,17H2,1-3H3. The zero-order valence-corrected chi connectivity index (χ0v) is 13.2. The lowest BCUT2D eigenvalue weighted by atomic mass is 9.79. The van der Waals surface area contributed by atoms with Crippen LogP contribution in [-0.2, 0) is 0 Å². The smallest absolute Gasteiger partial charge is 0.0204 e. The van der Waals surface area contributed by atoms with Crippen molar-refractivity contribution in [3.63, 3.8) is 0 Å². The maximum absolute atomic E-state index is 6.37. The zero-order chi connectivity index (χ0) is 13.1. The van der Waals surface area contributed by atoms with Crippen LogP contribution in [0.3, 0.4) is 0 Å². The fraction of sp³-hybridized carbons (Fsp3) is 1.00. The van der Waals surface area contributed by atoms with E-state index in [1.54, 1.807) is 0 Å². The number of hydrogen-bond donors (Lipinski definition) is 1. The molecule has 0 aromatic heterocycles. The Morgan fingerprint density at radius 3 is 2.50 bits per heavy atom. The van der Waals surface area contributed by atoms with Crippen LogP contribution in [0.1, 0.15) is 65.7 Å². The third-order valence-electron chi connectivity index (χ3n) is 5.08. The normalized spacial score (nSPS) is 42.2. The van der Waals surface area contributed by atoms with Crippen molar-refractivity contribution in [3.8, 4) is 0 Å².